The van der Waals surface area contributed by atoms with Crippen molar-refractivity contribution in [2.45, 2.75) is 58.8 Å². The van der Waals surface area contributed by atoms with Crippen molar-refractivity contribution in [2.75, 3.05) is 13.1 Å². The minimum absolute atomic E-state index is 0.170. The van der Waals surface area contributed by atoms with Crippen LogP contribution in [0.4, 0.5) is 0 Å². The maximum Gasteiger partial charge on any atom is 0.220 e. The number of carbonyl (C=O) groups excluding carboxylic acids is 1. The lowest BCUT2D eigenvalue weighted by Gasteiger charge is -2.26. The molecule has 3 heteroatoms. The highest BCUT2D eigenvalue weighted by Crippen LogP contribution is 2.49. The largest absolute Gasteiger partial charge is 0.356 e. The fourth-order valence-electron chi connectivity index (χ4n) is 3.94. The van der Waals surface area contributed by atoms with Crippen LogP contribution in [0.1, 0.15) is 58.8 Å². The van der Waals surface area contributed by atoms with Gasteiger partial charge in [-0.2, -0.15) is 0 Å². The molecule has 3 atom stereocenters. The molecule has 2 rings (SSSR count). The molecular weight excluding hydrogens is 236 g/mol. The lowest BCUT2D eigenvalue weighted by Crippen LogP contribution is -2.35. The molecule has 2 fully saturated rings. The van der Waals surface area contributed by atoms with Crippen LogP contribution >= 0.6 is 0 Å². The summed E-state index contributed by atoms with van der Waals surface area (Å²) in [7, 11) is 0. The summed E-state index contributed by atoms with van der Waals surface area (Å²) in [6.45, 7) is 5.94. The van der Waals surface area contributed by atoms with Gasteiger partial charge < -0.3 is 11.1 Å². The van der Waals surface area contributed by atoms with Crippen LogP contribution in [-0.4, -0.2) is 19.0 Å². The number of nitrogens with one attached hydrogen (secondary N) is 1. The molecule has 1 amide bonds. The Kier molecular flexibility index (Phi) is 4.88. The number of carbonyl (C=O) groups is 1. The molecule has 0 radical (unpaired) electrons. The average Bonchev–Trinajstić information content (AvgIpc) is 2.96. The third kappa shape index (κ3) is 4.20. The first-order valence-corrected chi connectivity index (χ1v) is 7.97. The minimum atomic E-state index is 0.170. The third-order valence-corrected chi connectivity index (χ3v) is 5.15. The van der Waals surface area contributed by atoms with E-state index in [4.69, 9.17) is 5.73 Å². The fourth-order valence-corrected chi connectivity index (χ4v) is 3.94. The quantitative estimate of drug-likeness (QED) is 0.744. The Balaban J connectivity index is 1.67. The molecule has 3 N–H and O–H groups in total. The second-order valence-corrected chi connectivity index (χ2v) is 7.47. The van der Waals surface area contributed by atoms with Crippen LogP contribution in [0.25, 0.3) is 0 Å². The first-order chi connectivity index (χ1) is 9.00. The van der Waals surface area contributed by atoms with Crippen molar-refractivity contribution in [3.05, 3.63) is 0 Å². The number of amides is 1. The zero-order chi connectivity index (χ0) is 13.9. The molecule has 2 bridgehead atoms. The topological polar surface area (TPSA) is 55.1 Å². The summed E-state index contributed by atoms with van der Waals surface area (Å²) in [6, 6.07) is 0. The number of hydrogen-bond acceptors (Lipinski definition) is 2. The van der Waals surface area contributed by atoms with Crippen molar-refractivity contribution in [3.8, 4) is 0 Å². The molecule has 0 aromatic heterocycles. The van der Waals surface area contributed by atoms with Gasteiger partial charge in [0, 0.05) is 13.0 Å². The molecule has 3 nitrogen and oxygen atoms in total. The third-order valence-electron chi connectivity index (χ3n) is 5.15. The van der Waals surface area contributed by atoms with Gasteiger partial charge >= 0.3 is 0 Å². The Hall–Kier alpha value is -0.570. The van der Waals surface area contributed by atoms with Crippen molar-refractivity contribution in [1.82, 2.24) is 5.32 Å². The second-order valence-electron chi connectivity index (χ2n) is 7.47. The Morgan fingerprint density at radius 1 is 1.32 bits per heavy atom. The highest BCUT2D eigenvalue weighted by Gasteiger charge is 2.40. The van der Waals surface area contributed by atoms with Gasteiger partial charge in [0.1, 0.15) is 0 Å². The van der Waals surface area contributed by atoms with Crippen molar-refractivity contribution in [3.63, 3.8) is 0 Å². The molecule has 19 heavy (non-hydrogen) atoms. The van der Waals surface area contributed by atoms with Crippen molar-refractivity contribution < 1.29 is 4.79 Å². The van der Waals surface area contributed by atoms with Crippen LogP contribution in [0.5, 0.6) is 0 Å². The minimum Gasteiger partial charge on any atom is -0.356 e. The summed E-state index contributed by atoms with van der Waals surface area (Å²) in [5, 5.41) is 3.14. The highest BCUT2D eigenvalue weighted by molar-refractivity contribution is 5.76. The van der Waals surface area contributed by atoms with Gasteiger partial charge in [0.2, 0.25) is 5.91 Å². The Morgan fingerprint density at radius 3 is 2.68 bits per heavy atom. The predicted molar refractivity (Wildman–Crippen MR) is 78.6 cm³/mol. The Labute approximate surface area is 117 Å². The number of fused-ring (bicyclic) bond motifs is 2. The summed E-state index contributed by atoms with van der Waals surface area (Å²) in [4.78, 5) is 12.1. The zero-order valence-corrected chi connectivity index (χ0v) is 12.6. The van der Waals surface area contributed by atoms with E-state index >= 15 is 0 Å². The molecule has 2 saturated carbocycles. The van der Waals surface area contributed by atoms with E-state index in [1.54, 1.807) is 0 Å². The molecular formula is C16H30N2O. The van der Waals surface area contributed by atoms with E-state index in [0.717, 1.165) is 44.2 Å². The van der Waals surface area contributed by atoms with Crippen molar-refractivity contribution >= 4 is 5.91 Å². The van der Waals surface area contributed by atoms with Crippen LogP contribution in [0.3, 0.4) is 0 Å². The molecule has 0 spiro atoms. The van der Waals surface area contributed by atoms with Crippen LogP contribution in [-0.2, 0) is 4.79 Å². The highest BCUT2D eigenvalue weighted by atomic mass is 16.1. The van der Waals surface area contributed by atoms with Gasteiger partial charge in [-0.15, -0.1) is 0 Å². The fraction of sp³-hybridized carbons (Fsp3) is 0.938. The van der Waals surface area contributed by atoms with E-state index in [-0.39, 0.29) is 11.3 Å². The molecule has 0 heterocycles. The number of nitrogens with two attached hydrogens (primary N) is 1. The van der Waals surface area contributed by atoms with Crippen molar-refractivity contribution in [2.24, 2.45) is 28.9 Å². The van der Waals surface area contributed by atoms with Gasteiger partial charge in [0.15, 0.2) is 0 Å². The summed E-state index contributed by atoms with van der Waals surface area (Å²) in [5.41, 5.74) is 5.72. The summed E-state index contributed by atoms with van der Waals surface area (Å²) < 4.78 is 0. The van der Waals surface area contributed by atoms with Crippen LogP contribution in [0, 0.1) is 23.2 Å². The van der Waals surface area contributed by atoms with E-state index in [2.05, 4.69) is 19.2 Å². The average molecular weight is 266 g/mol. The number of rotatable bonds is 7. The molecule has 110 valence electrons. The summed E-state index contributed by atoms with van der Waals surface area (Å²) in [5.74, 6) is 2.72. The molecule has 2 aliphatic carbocycles. The van der Waals surface area contributed by atoms with Gasteiger partial charge in [0.05, 0.1) is 0 Å². The molecule has 0 saturated heterocycles. The van der Waals surface area contributed by atoms with Crippen LogP contribution < -0.4 is 11.1 Å². The van der Waals surface area contributed by atoms with E-state index < -0.39 is 0 Å². The van der Waals surface area contributed by atoms with E-state index in [9.17, 15) is 4.79 Å². The molecule has 0 aromatic carbocycles. The lowest BCUT2D eigenvalue weighted by atomic mass is 9.85. The number of hydrogen-bond donors (Lipinski definition) is 2. The van der Waals surface area contributed by atoms with Gasteiger partial charge in [-0.1, -0.05) is 20.3 Å². The van der Waals surface area contributed by atoms with Gasteiger partial charge in [-0.3, -0.25) is 4.79 Å². The zero-order valence-electron chi connectivity index (χ0n) is 12.6. The van der Waals surface area contributed by atoms with Crippen LogP contribution in [0.2, 0.25) is 0 Å². The standard InChI is InChI=1S/C16H30N2O/c1-16(2,6-3-7-17)11-18-15(19)10-14-9-12-4-5-13(14)8-12/h12-14H,3-11,17H2,1-2H3,(H,18,19). The first kappa shape index (κ1) is 14.8. The molecule has 2 aliphatic rings. The normalized spacial score (nSPS) is 29.7. The van der Waals surface area contributed by atoms with Gasteiger partial charge in [0.25, 0.3) is 0 Å². The monoisotopic (exact) mass is 266 g/mol. The van der Waals surface area contributed by atoms with E-state index in [0.29, 0.717) is 5.92 Å². The second kappa shape index (κ2) is 6.25. The van der Waals surface area contributed by atoms with Gasteiger partial charge in [-0.05, 0) is 61.8 Å². The van der Waals surface area contributed by atoms with Crippen LogP contribution in [0.15, 0.2) is 0 Å². The van der Waals surface area contributed by atoms with E-state index in [1.165, 1.54) is 25.7 Å². The van der Waals surface area contributed by atoms with E-state index in [1.807, 2.05) is 0 Å². The Bertz CT molecular complexity index is 314. The molecule has 0 aliphatic heterocycles. The van der Waals surface area contributed by atoms with Crippen molar-refractivity contribution in [1.29, 1.82) is 0 Å². The predicted octanol–water partition coefficient (Wildman–Crippen LogP) is 2.69. The molecule has 0 aromatic rings. The maximum absolute atomic E-state index is 12.1. The summed E-state index contributed by atoms with van der Waals surface area (Å²) >= 11 is 0. The molecule has 3 unspecified atom stereocenters. The lowest BCUT2D eigenvalue weighted by molar-refractivity contribution is -0.122. The summed E-state index contributed by atoms with van der Waals surface area (Å²) in [6.07, 6.45) is 8.34. The smallest absolute Gasteiger partial charge is 0.220 e. The first-order valence-electron chi connectivity index (χ1n) is 7.97. The van der Waals surface area contributed by atoms with Gasteiger partial charge in [-0.25, -0.2) is 0 Å². The maximum atomic E-state index is 12.1. The SMILES string of the molecule is CC(C)(CCCN)CNC(=O)CC1CC2CCC1C2. The Morgan fingerprint density at radius 2 is 2.11 bits per heavy atom.